The minimum Gasteiger partial charge on any atom is -0.340 e. The van der Waals surface area contributed by atoms with Crippen LogP contribution in [0.25, 0.3) is 0 Å². The van der Waals surface area contributed by atoms with Crippen molar-refractivity contribution >= 4 is 5.91 Å². The highest BCUT2D eigenvalue weighted by Gasteiger charge is 2.38. The van der Waals surface area contributed by atoms with Crippen molar-refractivity contribution in [1.82, 2.24) is 25.9 Å². The molecule has 0 aromatic heterocycles. The van der Waals surface area contributed by atoms with Crippen molar-refractivity contribution in [3.05, 3.63) is 0 Å². The van der Waals surface area contributed by atoms with Crippen molar-refractivity contribution in [3.63, 3.8) is 0 Å². The molecule has 0 radical (unpaired) electrons. The van der Waals surface area contributed by atoms with Gasteiger partial charge in [-0.2, -0.15) is 5.48 Å². The van der Waals surface area contributed by atoms with Crippen molar-refractivity contribution in [3.8, 4) is 0 Å². The van der Waals surface area contributed by atoms with E-state index in [-0.39, 0.29) is 11.5 Å². The molecular weight excluding hydrogens is 390 g/mol. The molecule has 4 rings (SSSR count). The Morgan fingerprint density at radius 2 is 1.84 bits per heavy atom. The van der Waals surface area contributed by atoms with E-state index in [0.717, 1.165) is 65.1 Å². The van der Waals surface area contributed by atoms with Gasteiger partial charge >= 0.3 is 0 Å². The summed E-state index contributed by atoms with van der Waals surface area (Å²) in [7, 11) is 0. The molecule has 4 aliphatic rings. The fraction of sp³-hybridized carbons (Fsp3) is 0.958. The Labute approximate surface area is 189 Å². The van der Waals surface area contributed by atoms with E-state index in [0.29, 0.717) is 36.4 Å². The van der Waals surface area contributed by atoms with Gasteiger partial charge in [-0.3, -0.25) is 14.5 Å². The predicted octanol–water partition coefficient (Wildman–Crippen LogP) is 1.94. The van der Waals surface area contributed by atoms with Crippen LogP contribution in [0.2, 0.25) is 0 Å². The highest BCUT2D eigenvalue weighted by molar-refractivity contribution is 5.76. The summed E-state index contributed by atoms with van der Waals surface area (Å²) >= 11 is 0. The van der Waals surface area contributed by atoms with Crippen molar-refractivity contribution in [2.75, 3.05) is 45.8 Å². The van der Waals surface area contributed by atoms with E-state index >= 15 is 0 Å². The molecule has 0 aromatic carbocycles. The molecule has 7 heteroatoms. The lowest BCUT2D eigenvalue weighted by Gasteiger charge is -2.42. The maximum atomic E-state index is 13.1. The molecule has 4 heterocycles. The van der Waals surface area contributed by atoms with Gasteiger partial charge < -0.3 is 15.5 Å². The quantitative estimate of drug-likeness (QED) is 0.613. The Hall–Kier alpha value is -0.730. The third-order valence-electron chi connectivity index (χ3n) is 8.02. The topological polar surface area (TPSA) is 68.9 Å². The molecule has 3 N–H and O–H groups in total. The molecule has 31 heavy (non-hydrogen) atoms. The van der Waals surface area contributed by atoms with Crippen molar-refractivity contribution < 1.29 is 9.63 Å². The van der Waals surface area contributed by atoms with Crippen LogP contribution in [0.15, 0.2) is 0 Å². The Kier molecular flexibility index (Phi) is 7.91. The van der Waals surface area contributed by atoms with Crippen LogP contribution < -0.4 is 16.1 Å². The van der Waals surface area contributed by atoms with Gasteiger partial charge in [0.25, 0.3) is 0 Å². The van der Waals surface area contributed by atoms with Gasteiger partial charge in [-0.25, -0.2) is 0 Å². The lowest BCUT2D eigenvalue weighted by molar-refractivity contribution is -0.135. The van der Waals surface area contributed by atoms with E-state index in [2.05, 4.69) is 46.7 Å². The number of piperazine rings is 1. The standard InChI is InChI=1S/C24H45N5O2/c1-24(2,3)21-16-20(27-31-21)14-19-17-25-9-7-18(19)15-23(30)29-12-10-28(11-13-29)22-6-4-5-8-26-22/h18-22,25-27H,4-17H2,1-3H3/t18-,19+,20?,21?,22?/m0/s1. The molecule has 178 valence electrons. The molecule has 4 aliphatic heterocycles. The third-order valence-corrected chi connectivity index (χ3v) is 8.02. The lowest BCUT2D eigenvalue weighted by atomic mass is 9.78. The SMILES string of the molecule is CC(C)(C)C1CC(C[C@@H]2CNCC[C@H]2CC(=O)N2CCN(C3CCCCN3)CC2)NO1. The van der Waals surface area contributed by atoms with Crippen LogP contribution in [0.4, 0.5) is 0 Å². The van der Waals surface area contributed by atoms with Crippen LogP contribution in [0.5, 0.6) is 0 Å². The van der Waals surface area contributed by atoms with E-state index in [1.807, 2.05) is 0 Å². The molecule has 5 atom stereocenters. The van der Waals surface area contributed by atoms with Crippen LogP contribution in [-0.2, 0) is 9.63 Å². The fourth-order valence-corrected chi connectivity index (χ4v) is 5.88. The number of carbonyl (C=O) groups excluding carboxylic acids is 1. The molecule has 1 amide bonds. The molecule has 7 nitrogen and oxygen atoms in total. The summed E-state index contributed by atoms with van der Waals surface area (Å²) in [6, 6.07) is 0.401. The van der Waals surface area contributed by atoms with Gasteiger partial charge in [-0.05, 0) is 75.4 Å². The largest absolute Gasteiger partial charge is 0.340 e. The summed E-state index contributed by atoms with van der Waals surface area (Å²) in [6.07, 6.45) is 8.65. The smallest absolute Gasteiger partial charge is 0.222 e. The van der Waals surface area contributed by atoms with Crippen LogP contribution in [-0.4, -0.2) is 79.8 Å². The van der Waals surface area contributed by atoms with Gasteiger partial charge in [0.2, 0.25) is 5.91 Å². The summed E-state index contributed by atoms with van der Waals surface area (Å²) in [5, 5.41) is 7.22. The number of nitrogens with zero attached hydrogens (tertiary/aromatic N) is 2. The van der Waals surface area contributed by atoms with Crippen LogP contribution >= 0.6 is 0 Å². The molecule has 3 unspecified atom stereocenters. The van der Waals surface area contributed by atoms with Gasteiger partial charge in [0.15, 0.2) is 0 Å². The molecule has 0 bridgehead atoms. The number of piperidine rings is 2. The van der Waals surface area contributed by atoms with E-state index < -0.39 is 0 Å². The third kappa shape index (κ3) is 6.20. The lowest BCUT2D eigenvalue weighted by Crippen LogP contribution is -2.57. The Bertz CT molecular complexity index is 581. The summed E-state index contributed by atoms with van der Waals surface area (Å²) < 4.78 is 0. The highest BCUT2D eigenvalue weighted by Crippen LogP contribution is 2.34. The maximum absolute atomic E-state index is 13.1. The first-order chi connectivity index (χ1) is 14.9. The van der Waals surface area contributed by atoms with Crippen LogP contribution in [0.1, 0.15) is 65.7 Å². The highest BCUT2D eigenvalue weighted by atomic mass is 16.7. The summed E-state index contributed by atoms with van der Waals surface area (Å²) in [6.45, 7) is 13.7. The van der Waals surface area contributed by atoms with Crippen LogP contribution in [0.3, 0.4) is 0 Å². The molecule has 4 saturated heterocycles. The average Bonchev–Trinajstić information content (AvgIpc) is 3.25. The van der Waals surface area contributed by atoms with Crippen LogP contribution in [0, 0.1) is 17.3 Å². The second-order valence-corrected chi connectivity index (χ2v) is 11.4. The Morgan fingerprint density at radius 3 is 2.52 bits per heavy atom. The Balaban J connectivity index is 1.24. The molecule has 0 aromatic rings. The second-order valence-electron chi connectivity index (χ2n) is 11.4. The van der Waals surface area contributed by atoms with Gasteiger partial charge in [0.05, 0.1) is 12.3 Å². The normalized spacial score (nSPS) is 36.0. The number of nitrogens with one attached hydrogen (secondary N) is 3. The average molecular weight is 436 g/mol. The zero-order chi connectivity index (χ0) is 21.8. The monoisotopic (exact) mass is 435 g/mol. The summed E-state index contributed by atoms with van der Waals surface area (Å²) in [5.41, 5.74) is 3.46. The maximum Gasteiger partial charge on any atom is 0.222 e. The number of amides is 1. The van der Waals surface area contributed by atoms with Gasteiger partial charge in [0, 0.05) is 38.6 Å². The predicted molar refractivity (Wildman–Crippen MR) is 123 cm³/mol. The number of carbonyl (C=O) groups is 1. The van der Waals surface area contributed by atoms with Gasteiger partial charge in [-0.15, -0.1) is 0 Å². The molecule has 0 aliphatic carbocycles. The van der Waals surface area contributed by atoms with Crippen molar-refractivity contribution in [2.45, 2.75) is 84.0 Å². The second kappa shape index (κ2) is 10.5. The molecule has 0 spiro atoms. The number of hydroxylamine groups is 1. The number of hydrogen-bond acceptors (Lipinski definition) is 6. The molecule has 0 saturated carbocycles. The first-order valence-corrected chi connectivity index (χ1v) is 12.8. The first kappa shape index (κ1) is 23.4. The van der Waals surface area contributed by atoms with E-state index in [4.69, 9.17) is 4.84 Å². The van der Waals surface area contributed by atoms with E-state index in [1.54, 1.807) is 0 Å². The number of hydrogen-bond donors (Lipinski definition) is 3. The zero-order valence-electron chi connectivity index (χ0n) is 20.0. The van der Waals surface area contributed by atoms with Gasteiger partial charge in [0.1, 0.15) is 0 Å². The molecular formula is C24H45N5O2. The van der Waals surface area contributed by atoms with Crippen molar-refractivity contribution in [1.29, 1.82) is 0 Å². The minimum atomic E-state index is 0.164. The van der Waals surface area contributed by atoms with Crippen molar-refractivity contribution in [2.24, 2.45) is 17.3 Å². The van der Waals surface area contributed by atoms with E-state index in [9.17, 15) is 4.79 Å². The minimum absolute atomic E-state index is 0.164. The summed E-state index contributed by atoms with van der Waals surface area (Å²) in [4.78, 5) is 23.7. The van der Waals surface area contributed by atoms with Gasteiger partial charge in [-0.1, -0.05) is 20.8 Å². The Morgan fingerprint density at radius 1 is 1.03 bits per heavy atom. The molecule has 4 fully saturated rings. The summed E-state index contributed by atoms with van der Waals surface area (Å²) in [5.74, 6) is 1.41. The number of rotatable bonds is 5. The zero-order valence-corrected chi connectivity index (χ0v) is 20.0. The fourth-order valence-electron chi connectivity index (χ4n) is 5.88. The first-order valence-electron chi connectivity index (χ1n) is 12.8. The van der Waals surface area contributed by atoms with E-state index in [1.165, 1.54) is 19.3 Å².